The molecular weight excluding hydrogens is 282 g/mol. The van der Waals surface area contributed by atoms with E-state index in [0.29, 0.717) is 11.4 Å². The van der Waals surface area contributed by atoms with E-state index in [1.54, 1.807) is 17.2 Å². The zero-order chi connectivity index (χ0) is 15.2. The fourth-order valence-electron chi connectivity index (χ4n) is 1.89. The lowest BCUT2D eigenvalue weighted by atomic mass is 10.1. The van der Waals surface area contributed by atoms with Gasteiger partial charge in [-0.3, -0.25) is 4.79 Å². The number of carbonyl (C=O) groups excluding carboxylic acids is 1. The van der Waals surface area contributed by atoms with Crippen molar-refractivity contribution in [2.45, 2.75) is 18.0 Å². The van der Waals surface area contributed by atoms with Crippen LogP contribution in [-0.2, 0) is 4.79 Å². The number of benzene rings is 1. The second-order valence-corrected chi connectivity index (χ2v) is 5.81. The van der Waals surface area contributed by atoms with Gasteiger partial charge in [-0.1, -0.05) is 42.1 Å². The molecular formula is C16H19N3OS. The fourth-order valence-corrected chi connectivity index (χ4v) is 2.65. The topological polar surface area (TPSA) is 59.2 Å². The Hall–Kier alpha value is -2.01. The number of pyridine rings is 1. The van der Waals surface area contributed by atoms with Gasteiger partial charge in [0.25, 0.3) is 0 Å². The molecule has 0 bridgehead atoms. The van der Waals surface area contributed by atoms with E-state index >= 15 is 0 Å². The molecule has 1 amide bonds. The zero-order valence-corrected chi connectivity index (χ0v) is 13.0. The lowest BCUT2D eigenvalue weighted by molar-refractivity contribution is -0.128. The Morgan fingerprint density at radius 2 is 2.00 bits per heavy atom. The van der Waals surface area contributed by atoms with E-state index in [1.807, 2.05) is 50.4 Å². The molecule has 0 fully saturated rings. The molecule has 2 aromatic rings. The van der Waals surface area contributed by atoms with Gasteiger partial charge in [0.05, 0.1) is 28.7 Å². The van der Waals surface area contributed by atoms with Crippen molar-refractivity contribution in [1.82, 2.24) is 9.88 Å². The van der Waals surface area contributed by atoms with E-state index in [-0.39, 0.29) is 11.9 Å². The number of anilines is 1. The monoisotopic (exact) mass is 301 g/mol. The quantitative estimate of drug-likeness (QED) is 0.863. The van der Waals surface area contributed by atoms with Crippen LogP contribution in [0, 0.1) is 0 Å². The van der Waals surface area contributed by atoms with Crippen molar-refractivity contribution in [3.05, 3.63) is 54.2 Å². The molecule has 0 saturated heterocycles. The van der Waals surface area contributed by atoms with Crippen LogP contribution in [0.3, 0.4) is 0 Å². The third-order valence-electron chi connectivity index (χ3n) is 3.36. The third kappa shape index (κ3) is 4.23. The Morgan fingerprint density at radius 1 is 1.29 bits per heavy atom. The highest BCUT2D eigenvalue weighted by Crippen LogP contribution is 2.21. The molecule has 2 N–H and O–H groups in total. The second kappa shape index (κ2) is 7.13. The molecule has 0 aliphatic rings. The Kier molecular flexibility index (Phi) is 5.22. The molecule has 1 heterocycles. The fraction of sp³-hybridized carbons (Fsp3) is 0.250. The molecule has 4 nitrogen and oxygen atoms in total. The maximum Gasteiger partial charge on any atom is 0.233 e. The number of nitrogen functional groups attached to an aromatic ring is 1. The van der Waals surface area contributed by atoms with E-state index < -0.39 is 0 Å². The lowest BCUT2D eigenvalue weighted by Gasteiger charge is -2.25. The van der Waals surface area contributed by atoms with Gasteiger partial charge in [0, 0.05) is 7.05 Å². The normalized spacial score (nSPS) is 11.9. The molecule has 1 atom stereocenters. The van der Waals surface area contributed by atoms with Crippen LogP contribution in [0.1, 0.15) is 18.5 Å². The number of nitrogens with two attached hydrogens (primary N) is 1. The summed E-state index contributed by atoms with van der Waals surface area (Å²) in [5, 5.41) is 0.804. The number of thioether (sulfide) groups is 1. The minimum absolute atomic E-state index is 0.0543. The third-order valence-corrected chi connectivity index (χ3v) is 4.29. The summed E-state index contributed by atoms with van der Waals surface area (Å²) in [6.45, 7) is 2.03. The lowest BCUT2D eigenvalue weighted by Crippen LogP contribution is -2.31. The number of rotatable bonds is 5. The summed E-state index contributed by atoms with van der Waals surface area (Å²) in [5.74, 6) is 0.444. The SMILES string of the molecule is CC(c1ccccc1)N(C)C(=O)CSc1ccc(N)cn1. The van der Waals surface area contributed by atoms with Crippen molar-refractivity contribution in [1.29, 1.82) is 0 Å². The number of hydrogen-bond acceptors (Lipinski definition) is 4. The largest absolute Gasteiger partial charge is 0.397 e. The first-order chi connectivity index (χ1) is 10.1. The first-order valence-corrected chi connectivity index (χ1v) is 7.71. The molecule has 0 aliphatic heterocycles. The van der Waals surface area contributed by atoms with Crippen LogP contribution in [0.15, 0.2) is 53.7 Å². The molecule has 21 heavy (non-hydrogen) atoms. The highest BCUT2D eigenvalue weighted by atomic mass is 32.2. The van der Waals surface area contributed by atoms with Crippen molar-refractivity contribution in [3.63, 3.8) is 0 Å². The van der Waals surface area contributed by atoms with E-state index in [9.17, 15) is 4.79 Å². The molecule has 0 saturated carbocycles. The Balaban J connectivity index is 1.92. The van der Waals surface area contributed by atoms with Gasteiger partial charge >= 0.3 is 0 Å². The maximum atomic E-state index is 12.3. The van der Waals surface area contributed by atoms with Crippen LogP contribution in [0.4, 0.5) is 5.69 Å². The van der Waals surface area contributed by atoms with Crippen molar-refractivity contribution in [2.75, 3.05) is 18.5 Å². The molecule has 0 radical (unpaired) electrons. The minimum Gasteiger partial charge on any atom is -0.397 e. The highest BCUT2D eigenvalue weighted by molar-refractivity contribution is 7.99. The molecule has 1 aromatic carbocycles. The van der Waals surface area contributed by atoms with Gasteiger partial charge in [-0.25, -0.2) is 4.98 Å². The number of aromatic nitrogens is 1. The standard InChI is InChI=1S/C16H19N3OS/c1-12(13-6-4-3-5-7-13)19(2)16(20)11-21-15-9-8-14(17)10-18-15/h3-10,12H,11,17H2,1-2H3. The molecule has 2 rings (SSSR count). The second-order valence-electron chi connectivity index (χ2n) is 4.81. The van der Waals surface area contributed by atoms with E-state index in [1.165, 1.54) is 11.8 Å². The van der Waals surface area contributed by atoms with Gasteiger partial charge < -0.3 is 10.6 Å². The zero-order valence-electron chi connectivity index (χ0n) is 12.2. The average Bonchev–Trinajstić information content (AvgIpc) is 2.53. The molecule has 1 aromatic heterocycles. The van der Waals surface area contributed by atoms with Gasteiger partial charge in [-0.05, 0) is 24.6 Å². The first kappa shape index (κ1) is 15.4. The number of nitrogens with zero attached hydrogens (tertiary/aromatic N) is 2. The van der Waals surface area contributed by atoms with Gasteiger partial charge in [-0.15, -0.1) is 0 Å². The summed E-state index contributed by atoms with van der Waals surface area (Å²) < 4.78 is 0. The number of hydrogen-bond donors (Lipinski definition) is 1. The summed E-state index contributed by atoms with van der Waals surface area (Å²) >= 11 is 1.42. The smallest absolute Gasteiger partial charge is 0.233 e. The Bertz CT molecular complexity index is 586. The van der Waals surface area contributed by atoms with Gasteiger partial charge in [0.15, 0.2) is 0 Å². The predicted octanol–water partition coefficient (Wildman–Crippen LogP) is 2.98. The van der Waals surface area contributed by atoms with Crippen molar-refractivity contribution in [3.8, 4) is 0 Å². The van der Waals surface area contributed by atoms with E-state index in [0.717, 1.165) is 10.6 Å². The summed E-state index contributed by atoms with van der Waals surface area (Å²) in [7, 11) is 1.83. The number of carbonyl (C=O) groups is 1. The molecule has 0 aliphatic carbocycles. The number of amides is 1. The van der Waals surface area contributed by atoms with Crippen LogP contribution in [-0.4, -0.2) is 28.6 Å². The van der Waals surface area contributed by atoms with Crippen molar-refractivity contribution < 1.29 is 4.79 Å². The summed E-state index contributed by atoms with van der Waals surface area (Å²) in [6.07, 6.45) is 1.60. The summed E-state index contributed by atoms with van der Waals surface area (Å²) in [6, 6.07) is 13.7. The summed E-state index contributed by atoms with van der Waals surface area (Å²) in [5.41, 5.74) is 7.34. The predicted molar refractivity (Wildman–Crippen MR) is 87.0 cm³/mol. The van der Waals surface area contributed by atoms with Crippen LogP contribution in [0.5, 0.6) is 0 Å². The Labute approximate surface area is 129 Å². The van der Waals surface area contributed by atoms with Crippen molar-refractivity contribution >= 4 is 23.4 Å². The maximum absolute atomic E-state index is 12.3. The first-order valence-electron chi connectivity index (χ1n) is 6.73. The average molecular weight is 301 g/mol. The van der Waals surface area contributed by atoms with Gasteiger partial charge in [0.2, 0.25) is 5.91 Å². The van der Waals surface area contributed by atoms with Crippen LogP contribution < -0.4 is 5.73 Å². The Morgan fingerprint density at radius 3 is 2.62 bits per heavy atom. The molecule has 5 heteroatoms. The van der Waals surface area contributed by atoms with Crippen LogP contribution >= 0.6 is 11.8 Å². The molecule has 1 unspecified atom stereocenters. The minimum atomic E-state index is 0.0543. The molecule has 0 spiro atoms. The molecule has 110 valence electrons. The van der Waals surface area contributed by atoms with E-state index in [4.69, 9.17) is 5.73 Å². The van der Waals surface area contributed by atoms with Crippen molar-refractivity contribution in [2.24, 2.45) is 0 Å². The van der Waals surface area contributed by atoms with Gasteiger partial charge in [-0.2, -0.15) is 0 Å². The van der Waals surface area contributed by atoms with Gasteiger partial charge in [0.1, 0.15) is 0 Å². The highest BCUT2D eigenvalue weighted by Gasteiger charge is 2.17. The van der Waals surface area contributed by atoms with E-state index in [2.05, 4.69) is 4.98 Å². The van der Waals surface area contributed by atoms with Crippen LogP contribution in [0.25, 0.3) is 0 Å². The summed E-state index contributed by atoms with van der Waals surface area (Å²) in [4.78, 5) is 18.2. The van der Waals surface area contributed by atoms with Crippen LogP contribution in [0.2, 0.25) is 0 Å².